The number of anilines is 2. The van der Waals surface area contributed by atoms with Crippen LogP contribution >= 0.6 is 0 Å². The van der Waals surface area contributed by atoms with Crippen LogP contribution in [0.25, 0.3) is 94.2 Å². The molecular weight excluding hydrogens is 781 g/mol. The zero-order valence-electron chi connectivity index (χ0n) is 34.7. The lowest BCUT2D eigenvalue weighted by Crippen LogP contribution is -2.30. The predicted octanol–water partition coefficient (Wildman–Crippen LogP) is 14.8. The maximum absolute atomic E-state index is 6.52. The van der Waals surface area contributed by atoms with Gasteiger partial charge >= 0.3 is 0 Å². The number of aromatic nitrogens is 3. The lowest BCUT2D eigenvalue weighted by Gasteiger charge is -2.27. The number of furan rings is 1. The van der Waals surface area contributed by atoms with Crippen molar-refractivity contribution in [3.05, 3.63) is 223 Å². The molecule has 2 aliphatic carbocycles. The molecule has 5 heteroatoms. The van der Waals surface area contributed by atoms with Gasteiger partial charge in [0.05, 0.1) is 22.8 Å². The van der Waals surface area contributed by atoms with Gasteiger partial charge in [-0.3, -0.25) is 4.57 Å². The molecule has 3 aliphatic rings. The Kier molecular flexibility index (Phi) is 7.51. The largest absolute Gasteiger partial charge is 0.455 e. The highest BCUT2D eigenvalue weighted by Crippen LogP contribution is 2.50. The van der Waals surface area contributed by atoms with Crippen LogP contribution in [0.5, 0.6) is 0 Å². The van der Waals surface area contributed by atoms with E-state index in [1.807, 2.05) is 12.1 Å². The summed E-state index contributed by atoms with van der Waals surface area (Å²) >= 11 is 0. The maximum atomic E-state index is 6.52. The van der Waals surface area contributed by atoms with Gasteiger partial charge in [-0.25, -0.2) is 4.98 Å². The average molecular weight is 819 g/mol. The normalized spacial score (nSPS) is 15.9. The van der Waals surface area contributed by atoms with Gasteiger partial charge in [0.15, 0.2) is 0 Å². The van der Waals surface area contributed by atoms with Crippen LogP contribution in [0.1, 0.15) is 22.6 Å². The van der Waals surface area contributed by atoms with Crippen molar-refractivity contribution in [1.82, 2.24) is 14.5 Å². The lowest BCUT2D eigenvalue weighted by molar-refractivity contribution is 0.670. The van der Waals surface area contributed by atoms with Crippen LogP contribution in [0, 0.1) is 0 Å². The number of nitrogens with zero attached hydrogens (tertiary/aromatic N) is 4. The van der Waals surface area contributed by atoms with Crippen molar-refractivity contribution in [1.29, 1.82) is 0 Å². The van der Waals surface area contributed by atoms with Crippen molar-refractivity contribution in [2.45, 2.75) is 18.4 Å². The average Bonchev–Trinajstić information content (AvgIpc) is 4.11. The summed E-state index contributed by atoms with van der Waals surface area (Å²) < 4.78 is 8.85. The van der Waals surface area contributed by atoms with Crippen LogP contribution in [-0.2, 0) is 6.42 Å². The quantitative estimate of drug-likeness (QED) is 0.174. The highest BCUT2D eigenvalue weighted by atomic mass is 16.3. The Hall–Kier alpha value is -8.28. The van der Waals surface area contributed by atoms with Crippen molar-refractivity contribution < 1.29 is 4.42 Å². The number of benzene rings is 8. The molecule has 14 rings (SSSR count). The molecule has 0 spiro atoms. The number of para-hydroxylation sites is 3. The number of fused-ring (bicyclic) bond motifs is 12. The van der Waals surface area contributed by atoms with E-state index in [1.54, 1.807) is 0 Å². The third-order valence-corrected chi connectivity index (χ3v) is 13.8. The molecule has 64 heavy (non-hydrogen) atoms. The summed E-state index contributed by atoms with van der Waals surface area (Å²) in [5.74, 6) is 1.60. The summed E-state index contributed by atoms with van der Waals surface area (Å²) in [6.45, 7) is 0. The van der Waals surface area contributed by atoms with Gasteiger partial charge < -0.3 is 9.32 Å². The standard InChI is InChI=1S/C59H38N4O/c1-2-14-36(15-3-1)51-35-57(62-52-25-9-6-18-44(52)49-33-38(28-30-54(49)62)41-21-12-23-43-40-17-5-4-16-37(40)32-48(41)43)61-59(60-51)63-53-26-10-7-19-45(53)50-34-39(29-31-55(50)63)42-22-13-24-47-46-20-8-11-27-56(46)64-58(42)47/h1-31,33-35,45,53H,32H2. The minimum absolute atomic E-state index is 0.00411. The Morgan fingerprint density at radius 2 is 1.22 bits per heavy atom. The number of hydrogen-bond acceptors (Lipinski definition) is 4. The summed E-state index contributed by atoms with van der Waals surface area (Å²) in [4.78, 5) is 13.3. The molecule has 0 amide bonds. The van der Waals surface area contributed by atoms with E-state index in [1.165, 1.54) is 49.7 Å². The molecule has 2 unspecified atom stereocenters. The van der Waals surface area contributed by atoms with Crippen molar-refractivity contribution >= 4 is 55.4 Å². The molecule has 0 bridgehead atoms. The molecule has 4 heterocycles. The fourth-order valence-electron chi connectivity index (χ4n) is 10.9. The lowest BCUT2D eigenvalue weighted by atomic mass is 9.89. The first-order chi connectivity index (χ1) is 31.7. The zero-order chi connectivity index (χ0) is 41.9. The Balaban J connectivity index is 0.941. The third kappa shape index (κ3) is 5.18. The summed E-state index contributed by atoms with van der Waals surface area (Å²) in [6.07, 6.45) is 9.89. The SMILES string of the molecule is C1=CC2c3cc(-c4cccc5c4oc4ccccc45)ccc3N(c3nc(-c4ccccc4)cc(-n4c5ccccc5c5cc(-c6cccc7c6Cc6ccccc6-7)ccc54)n3)C2C=C1. The monoisotopic (exact) mass is 818 g/mol. The van der Waals surface area contributed by atoms with Gasteiger partial charge in [-0.1, -0.05) is 164 Å². The van der Waals surface area contributed by atoms with Gasteiger partial charge in [0, 0.05) is 50.3 Å². The van der Waals surface area contributed by atoms with Crippen LogP contribution in [0.3, 0.4) is 0 Å². The minimum atomic E-state index is -0.00411. The van der Waals surface area contributed by atoms with Gasteiger partial charge in [-0.15, -0.1) is 0 Å². The Bertz CT molecular complexity index is 3800. The van der Waals surface area contributed by atoms with E-state index < -0.39 is 0 Å². The second-order valence-corrected chi connectivity index (χ2v) is 17.2. The molecule has 0 radical (unpaired) electrons. The second-order valence-electron chi connectivity index (χ2n) is 17.2. The van der Waals surface area contributed by atoms with Gasteiger partial charge in [-0.05, 0) is 87.3 Å². The molecular formula is C59H38N4O. The van der Waals surface area contributed by atoms with Crippen molar-refractivity contribution in [2.75, 3.05) is 4.90 Å². The predicted molar refractivity (Wildman–Crippen MR) is 262 cm³/mol. The molecule has 0 saturated heterocycles. The summed E-state index contributed by atoms with van der Waals surface area (Å²) in [6, 6.07) is 65.5. The van der Waals surface area contributed by atoms with Crippen LogP contribution in [0.4, 0.5) is 11.6 Å². The van der Waals surface area contributed by atoms with Crippen molar-refractivity contribution in [2.24, 2.45) is 0 Å². The van der Waals surface area contributed by atoms with Crippen LogP contribution in [0.2, 0.25) is 0 Å². The molecule has 11 aromatic rings. The minimum Gasteiger partial charge on any atom is -0.455 e. The molecule has 2 atom stereocenters. The number of allylic oxidation sites excluding steroid dienone is 2. The first kappa shape index (κ1) is 35.3. The fraction of sp³-hybridized carbons (Fsp3) is 0.0508. The summed E-state index contributed by atoms with van der Waals surface area (Å²) in [5.41, 5.74) is 18.5. The Morgan fingerprint density at radius 3 is 2.17 bits per heavy atom. The van der Waals surface area contributed by atoms with E-state index in [9.17, 15) is 0 Å². The van der Waals surface area contributed by atoms with E-state index in [-0.39, 0.29) is 12.0 Å². The summed E-state index contributed by atoms with van der Waals surface area (Å²) in [7, 11) is 0. The summed E-state index contributed by atoms with van der Waals surface area (Å²) in [5, 5.41) is 4.65. The highest BCUT2D eigenvalue weighted by Gasteiger charge is 2.39. The van der Waals surface area contributed by atoms with Crippen molar-refractivity contribution in [3.63, 3.8) is 0 Å². The second kappa shape index (κ2) is 13.6. The topological polar surface area (TPSA) is 47.1 Å². The van der Waals surface area contributed by atoms with Crippen LogP contribution in [-0.4, -0.2) is 20.6 Å². The molecule has 0 N–H and O–H groups in total. The molecule has 0 saturated carbocycles. The third-order valence-electron chi connectivity index (χ3n) is 13.8. The number of rotatable bonds is 5. The van der Waals surface area contributed by atoms with E-state index in [0.29, 0.717) is 5.95 Å². The van der Waals surface area contributed by atoms with E-state index in [2.05, 4.69) is 204 Å². The van der Waals surface area contributed by atoms with Crippen molar-refractivity contribution in [3.8, 4) is 50.5 Å². The zero-order valence-corrected chi connectivity index (χ0v) is 34.7. The molecule has 5 nitrogen and oxygen atoms in total. The molecule has 1 aliphatic heterocycles. The maximum Gasteiger partial charge on any atom is 0.233 e. The molecule has 3 aromatic heterocycles. The Morgan fingerprint density at radius 1 is 0.500 bits per heavy atom. The van der Waals surface area contributed by atoms with E-state index in [0.717, 1.165) is 73.3 Å². The Labute approximate surface area is 369 Å². The first-order valence-electron chi connectivity index (χ1n) is 22.1. The molecule has 8 aromatic carbocycles. The number of hydrogen-bond donors (Lipinski definition) is 0. The fourth-order valence-corrected chi connectivity index (χ4v) is 10.9. The van der Waals surface area contributed by atoms with Crippen LogP contribution < -0.4 is 4.90 Å². The molecule has 0 fully saturated rings. The smallest absolute Gasteiger partial charge is 0.233 e. The van der Waals surface area contributed by atoms with Gasteiger partial charge in [0.25, 0.3) is 0 Å². The van der Waals surface area contributed by atoms with E-state index >= 15 is 0 Å². The molecule has 300 valence electrons. The van der Waals surface area contributed by atoms with Crippen LogP contribution in [0.15, 0.2) is 211 Å². The van der Waals surface area contributed by atoms with Gasteiger partial charge in [0.1, 0.15) is 17.0 Å². The van der Waals surface area contributed by atoms with Gasteiger partial charge in [-0.2, -0.15) is 4.98 Å². The first-order valence-corrected chi connectivity index (χ1v) is 22.1. The highest BCUT2D eigenvalue weighted by molar-refractivity contribution is 6.11. The van der Waals surface area contributed by atoms with E-state index in [4.69, 9.17) is 14.4 Å². The van der Waals surface area contributed by atoms with Gasteiger partial charge in [0.2, 0.25) is 5.95 Å².